The summed E-state index contributed by atoms with van der Waals surface area (Å²) in [6, 6.07) is 1.84. The van der Waals surface area contributed by atoms with Gasteiger partial charge in [0.15, 0.2) is 0 Å². The van der Waals surface area contributed by atoms with Gasteiger partial charge in [0.1, 0.15) is 0 Å². The van der Waals surface area contributed by atoms with E-state index in [0.29, 0.717) is 0 Å². The Kier molecular flexibility index (Phi) is 3.54. The molecule has 0 bridgehead atoms. The van der Waals surface area contributed by atoms with Crippen molar-refractivity contribution in [1.29, 1.82) is 0 Å². The van der Waals surface area contributed by atoms with Gasteiger partial charge in [-0.25, -0.2) is 0 Å². The molecule has 0 atom stereocenters. The molecule has 0 saturated heterocycles. The first-order valence-electron chi connectivity index (χ1n) is 3.93. The van der Waals surface area contributed by atoms with E-state index in [9.17, 15) is 23.3 Å². The number of aliphatic hydroxyl groups excluding tert-OH is 1. The summed E-state index contributed by atoms with van der Waals surface area (Å²) in [4.78, 5) is 9.52. The highest BCUT2D eigenvalue weighted by molar-refractivity contribution is 9.10. The minimum atomic E-state index is -4.76. The van der Waals surface area contributed by atoms with Gasteiger partial charge >= 0.3 is 6.18 Å². The smallest absolute Gasteiger partial charge is 0.391 e. The van der Waals surface area contributed by atoms with E-state index in [1.165, 1.54) is 0 Å². The molecule has 0 saturated carbocycles. The van der Waals surface area contributed by atoms with Gasteiger partial charge in [-0.15, -0.1) is 0 Å². The maximum absolute atomic E-state index is 12.6. The fourth-order valence-electron chi connectivity index (χ4n) is 1.25. The minimum Gasteiger partial charge on any atom is -0.391 e. The van der Waals surface area contributed by atoms with Crippen molar-refractivity contribution in [3.63, 3.8) is 0 Å². The van der Waals surface area contributed by atoms with Gasteiger partial charge in [-0.05, 0) is 6.07 Å². The number of rotatable bonds is 2. The van der Waals surface area contributed by atoms with Crippen molar-refractivity contribution in [2.75, 3.05) is 0 Å². The number of hydrogen-bond donors (Lipinski definition) is 1. The Morgan fingerprint density at radius 3 is 2.38 bits per heavy atom. The van der Waals surface area contributed by atoms with E-state index in [1.807, 2.05) is 0 Å². The summed E-state index contributed by atoms with van der Waals surface area (Å²) in [5.41, 5.74) is -2.71. The van der Waals surface area contributed by atoms with Gasteiger partial charge in [-0.2, -0.15) is 13.2 Å². The molecule has 0 spiro atoms. The van der Waals surface area contributed by atoms with Crippen LogP contribution < -0.4 is 0 Å². The predicted octanol–water partition coefficient (Wildman–Crippen LogP) is 2.87. The molecule has 0 aliphatic rings. The first-order valence-corrected chi connectivity index (χ1v) is 4.72. The van der Waals surface area contributed by atoms with E-state index < -0.39 is 34.5 Å². The van der Waals surface area contributed by atoms with Crippen molar-refractivity contribution in [2.45, 2.75) is 12.8 Å². The summed E-state index contributed by atoms with van der Waals surface area (Å²) in [5, 5.41) is 19.3. The second-order valence-electron chi connectivity index (χ2n) is 2.83. The van der Waals surface area contributed by atoms with Crippen LogP contribution in [0.1, 0.15) is 11.1 Å². The normalized spacial score (nSPS) is 11.6. The number of alkyl halides is 3. The van der Waals surface area contributed by atoms with Crippen LogP contribution in [0.15, 0.2) is 16.6 Å². The Bertz CT molecular complexity index is 433. The lowest BCUT2D eigenvalue weighted by Crippen LogP contribution is -2.12. The molecule has 0 fully saturated rings. The second kappa shape index (κ2) is 4.38. The highest BCUT2D eigenvalue weighted by atomic mass is 79.9. The summed E-state index contributed by atoms with van der Waals surface area (Å²) < 4.78 is 37.4. The monoisotopic (exact) mass is 299 g/mol. The van der Waals surface area contributed by atoms with Gasteiger partial charge < -0.3 is 5.11 Å². The lowest BCUT2D eigenvalue weighted by molar-refractivity contribution is -0.386. The predicted molar refractivity (Wildman–Crippen MR) is 51.7 cm³/mol. The molecule has 1 aromatic carbocycles. The van der Waals surface area contributed by atoms with Crippen LogP contribution in [0.3, 0.4) is 0 Å². The van der Waals surface area contributed by atoms with Crippen molar-refractivity contribution in [1.82, 2.24) is 0 Å². The molecular formula is C8H5BrF3NO3. The van der Waals surface area contributed by atoms with Gasteiger partial charge in [0.2, 0.25) is 0 Å². The van der Waals surface area contributed by atoms with E-state index in [2.05, 4.69) is 15.9 Å². The molecule has 1 rings (SSSR count). The average Bonchev–Trinajstić information content (AvgIpc) is 2.14. The number of aliphatic hydroxyl groups is 1. The van der Waals surface area contributed by atoms with Crippen LogP contribution >= 0.6 is 15.9 Å². The topological polar surface area (TPSA) is 63.4 Å². The van der Waals surface area contributed by atoms with E-state index >= 15 is 0 Å². The number of hydrogen-bond acceptors (Lipinski definition) is 3. The van der Waals surface area contributed by atoms with E-state index in [-0.39, 0.29) is 4.47 Å². The number of nitro groups is 1. The van der Waals surface area contributed by atoms with Crippen molar-refractivity contribution in [2.24, 2.45) is 0 Å². The number of benzene rings is 1. The molecule has 0 aliphatic heterocycles. The summed E-state index contributed by atoms with van der Waals surface area (Å²) >= 11 is 2.65. The largest absolute Gasteiger partial charge is 0.418 e. The highest BCUT2D eigenvalue weighted by Crippen LogP contribution is 2.40. The molecule has 1 aromatic rings. The van der Waals surface area contributed by atoms with Crippen LogP contribution in [-0.4, -0.2) is 10.0 Å². The van der Waals surface area contributed by atoms with Gasteiger partial charge in [0, 0.05) is 10.5 Å². The van der Waals surface area contributed by atoms with Crippen molar-refractivity contribution in [3.05, 3.63) is 37.8 Å². The Labute approximate surface area is 96.0 Å². The summed E-state index contributed by atoms with van der Waals surface area (Å²) in [6.45, 7) is -1.05. The number of halogens is 4. The van der Waals surface area contributed by atoms with Gasteiger partial charge in [0.05, 0.1) is 22.7 Å². The molecule has 16 heavy (non-hydrogen) atoms. The standard InChI is InChI=1S/C8H5BrF3NO3/c9-5-1-2-6(13(15)16)4(3-14)7(5)8(10,11)12/h1-2,14H,3H2. The zero-order valence-electron chi connectivity index (χ0n) is 7.58. The summed E-state index contributed by atoms with van der Waals surface area (Å²) in [5.74, 6) is 0. The lowest BCUT2D eigenvalue weighted by atomic mass is 10.1. The van der Waals surface area contributed by atoms with Crippen molar-refractivity contribution < 1.29 is 23.2 Å². The summed E-state index contributed by atoms with van der Waals surface area (Å²) in [7, 11) is 0. The SMILES string of the molecule is O=[N+]([O-])c1ccc(Br)c(C(F)(F)F)c1CO. The molecule has 0 unspecified atom stereocenters. The van der Waals surface area contributed by atoms with Crippen LogP contribution in [-0.2, 0) is 12.8 Å². The van der Waals surface area contributed by atoms with Crippen LogP contribution in [0, 0.1) is 10.1 Å². The molecule has 1 N–H and O–H groups in total. The third-order valence-corrected chi connectivity index (χ3v) is 2.54. The highest BCUT2D eigenvalue weighted by Gasteiger charge is 2.38. The van der Waals surface area contributed by atoms with E-state index in [0.717, 1.165) is 12.1 Å². The quantitative estimate of drug-likeness (QED) is 0.674. The zero-order valence-corrected chi connectivity index (χ0v) is 9.17. The molecule has 0 aromatic heterocycles. The molecule has 4 nitrogen and oxygen atoms in total. The molecule has 0 heterocycles. The van der Waals surface area contributed by atoms with Gasteiger partial charge in [0.25, 0.3) is 5.69 Å². The molecule has 0 amide bonds. The lowest BCUT2D eigenvalue weighted by Gasteiger charge is -2.13. The maximum Gasteiger partial charge on any atom is 0.418 e. The molecule has 0 aliphatic carbocycles. The fourth-order valence-corrected chi connectivity index (χ4v) is 1.84. The van der Waals surface area contributed by atoms with Crippen LogP contribution in [0.2, 0.25) is 0 Å². The maximum atomic E-state index is 12.6. The molecule has 88 valence electrons. The van der Waals surface area contributed by atoms with Crippen LogP contribution in [0.4, 0.5) is 18.9 Å². The third-order valence-electron chi connectivity index (χ3n) is 1.88. The number of nitrogens with zero attached hydrogens (tertiary/aromatic N) is 1. The Balaban J connectivity index is 3.57. The Hall–Kier alpha value is -1.15. The molecular weight excluding hydrogens is 295 g/mol. The number of nitro benzene ring substituents is 1. The van der Waals surface area contributed by atoms with Crippen molar-refractivity contribution in [3.8, 4) is 0 Å². The van der Waals surface area contributed by atoms with E-state index in [4.69, 9.17) is 5.11 Å². The average molecular weight is 300 g/mol. The molecule has 8 heteroatoms. The second-order valence-corrected chi connectivity index (χ2v) is 3.69. The first-order chi connectivity index (χ1) is 7.29. The van der Waals surface area contributed by atoms with Crippen LogP contribution in [0.5, 0.6) is 0 Å². The molecule has 0 radical (unpaired) electrons. The van der Waals surface area contributed by atoms with Gasteiger partial charge in [-0.1, -0.05) is 15.9 Å². The minimum absolute atomic E-state index is 0.338. The summed E-state index contributed by atoms with van der Waals surface area (Å²) in [6.07, 6.45) is -4.76. The Morgan fingerprint density at radius 2 is 2.00 bits per heavy atom. The zero-order chi connectivity index (χ0) is 12.5. The Morgan fingerprint density at radius 1 is 1.44 bits per heavy atom. The van der Waals surface area contributed by atoms with E-state index in [1.54, 1.807) is 0 Å². The third kappa shape index (κ3) is 2.33. The van der Waals surface area contributed by atoms with Crippen molar-refractivity contribution >= 4 is 21.6 Å². The van der Waals surface area contributed by atoms with Gasteiger partial charge in [-0.3, -0.25) is 10.1 Å². The fraction of sp³-hybridized carbons (Fsp3) is 0.250. The first kappa shape index (κ1) is 12.9. The van der Waals surface area contributed by atoms with Crippen LogP contribution in [0.25, 0.3) is 0 Å².